The minimum atomic E-state index is -3.39. The zero-order valence-corrected chi connectivity index (χ0v) is 20.7. The molecule has 8 heteroatoms. The van der Waals surface area contributed by atoms with Crippen LogP contribution in [-0.4, -0.2) is 29.3 Å². The number of aromatic nitrogens is 2. The Morgan fingerprint density at radius 3 is 2.35 bits per heavy atom. The van der Waals surface area contributed by atoms with Crippen molar-refractivity contribution in [3.63, 3.8) is 0 Å². The lowest BCUT2D eigenvalue weighted by molar-refractivity contribution is 0.0743. The van der Waals surface area contributed by atoms with Gasteiger partial charge >= 0.3 is 0 Å². The van der Waals surface area contributed by atoms with Crippen LogP contribution in [0.25, 0.3) is 28.2 Å². The lowest BCUT2D eigenvalue weighted by Gasteiger charge is -2.13. The highest BCUT2D eigenvalue weighted by Gasteiger charge is 2.25. The Bertz CT molecular complexity index is 1500. The highest BCUT2D eigenvalue weighted by Crippen LogP contribution is 2.34. The molecular formula is C26H24ClFN2O3S. The summed E-state index contributed by atoms with van der Waals surface area (Å²) in [6, 6.07) is 16.5. The highest BCUT2D eigenvalue weighted by atomic mass is 35.5. The fraction of sp³-hybridized carbons (Fsp3) is 0.192. The summed E-state index contributed by atoms with van der Waals surface area (Å²) in [4.78, 5) is 4.78. The van der Waals surface area contributed by atoms with Gasteiger partial charge in [0.2, 0.25) is 0 Å². The third-order valence-corrected chi connectivity index (χ3v) is 7.16. The first kappa shape index (κ1) is 24.1. The molecule has 0 spiro atoms. The number of imidazole rings is 1. The Morgan fingerprint density at radius 2 is 1.71 bits per heavy atom. The van der Waals surface area contributed by atoms with Gasteiger partial charge in [-0.2, -0.15) is 0 Å². The minimum absolute atomic E-state index is 0.164. The van der Waals surface area contributed by atoms with E-state index >= 15 is 4.39 Å². The second-order valence-electron chi connectivity index (χ2n) is 8.76. The maximum absolute atomic E-state index is 15.5. The number of benzene rings is 3. The second-order valence-corrected chi connectivity index (χ2v) is 11.2. The molecule has 5 nitrogen and oxygen atoms in total. The largest absolute Gasteiger partial charge is 0.384 e. The van der Waals surface area contributed by atoms with Gasteiger partial charge in [0.05, 0.1) is 16.3 Å². The lowest BCUT2D eigenvalue weighted by Crippen LogP contribution is -2.15. The molecule has 4 rings (SSSR count). The van der Waals surface area contributed by atoms with Gasteiger partial charge < -0.3 is 5.11 Å². The SMILES string of the molecule is Cc1c(Cl)cccc1-c1nc(C(C)(C)O)cn1-c1ccc(-c2cccc(S(C)(=O)=O)c2)cc1F. The van der Waals surface area contributed by atoms with Gasteiger partial charge in [-0.15, -0.1) is 0 Å². The third kappa shape index (κ3) is 4.64. The summed E-state index contributed by atoms with van der Waals surface area (Å²) in [5.74, 6) is -0.0780. The molecule has 0 bridgehead atoms. The van der Waals surface area contributed by atoms with Crippen LogP contribution in [0.15, 0.2) is 71.8 Å². The zero-order valence-electron chi connectivity index (χ0n) is 19.2. The fourth-order valence-corrected chi connectivity index (χ4v) is 4.53. The molecule has 0 aliphatic heterocycles. The smallest absolute Gasteiger partial charge is 0.175 e. The molecule has 1 heterocycles. The minimum Gasteiger partial charge on any atom is -0.384 e. The second kappa shape index (κ2) is 8.65. The number of hydrogen-bond acceptors (Lipinski definition) is 4. The van der Waals surface area contributed by atoms with Crippen molar-refractivity contribution >= 4 is 21.4 Å². The summed E-state index contributed by atoms with van der Waals surface area (Å²) in [7, 11) is -3.39. The van der Waals surface area contributed by atoms with Crippen molar-refractivity contribution < 1.29 is 17.9 Å². The Hall–Kier alpha value is -3.00. The summed E-state index contributed by atoms with van der Waals surface area (Å²) in [5, 5.41) is 11.1. The van der Waals surface area contributed by atoms with E-state index in [0.717, 1.165) is 11.8 Å². The van der Waals surface area contributed by atoms with Gasteiger partial charge in [-0.25, -0.2) is 17.8 Å². The van der Waals surface area contributed by atoms with Gasteiger partial charge in [0.25, 0.3) is 0 Å². The Kier molecular flexibility index (Phi) is 6.14. The maximum atomic E-state index is 15.5. The monoisotopic (exact) mass is 498 g/mol. The van der Waals surface area contributed by atoms with Crippen molar-refractivity contribution in [2.75, 3.05) is 6.26 Å². The first-order chi connectivity index (χ1) is 15.9. The summed E-state index contributed by atoms with van der Waals surface area (Å²) in [6.45, 7) is 5.08. The maximum Gasteiger partial charge on any atom is 0.175 e. The third-order valence-electron chi connectivity index (χ3n) is 5.64. The molecular weight excluding hydrogens is 475 g/mol. The number of rotatable bonds is 5. The van der Waals surface area contributed by atoms with Crippen molar-refractivity contribution in [2.45, 2.75) is 31.3 Å². The molecule has 4 aromatic rings. The first-order valence-corrected chi connectivity index (χ1v) is 12.8. The molecule has 0 aliphatic rings. The van der Waals surface area contributed by atoms with Crippen molar-refractivity contribution in [3.8, 4) is 28.2 Å². The van der Waals surface area contributed by atoms with E-state index in [-0.39, 0.29) is 10.6 Å². The van der Waals surface area contributed by atoms with E-state index in [4.69, 9.17) is 11.6 Å². The molecule has 1 aromatic heterocycles. The van der Waals surface area contributed by atoms with Gasteiger partial charge in [0.15, 0.2) is 9.84 Å². The topological polar surface area (TPSA) is 72.2 Å². The predicted octanol–water partition coefficient (Wildman–Crippen LogP) is 5.94. The van der Waals surface area contributed by atoms with Gasteiger partial charge in [-0.3, -0.25) is 4.57 Å². The van der Waals surface area contributed by atoms with Crippen LogP contribution in [0, 0.1) is 12.7 Å². The molecule has 0 fully saturated rings. The van der Waals surface area contributed by atoms with E-state index in [1.165, 1.54) is 18.2 Å². The molecule has 0 amide bonds. The van der Waals surface area contributed by atoms with Crippen molar-refractivity contribution in [3.05, 3.63) is 89.0 Å². The number of halogens is 2. The normalized spacial score (nSPS) is 12.2. The molecule has 1 N–H and O–H groups in total. The van der Waals surface area contributed by atoms with E-state index in [1.807, 2.05) is 13.0 Å². The molecule has 176 valence electrons. The van der Waals surface area contributed by atoms with E-state index in [0.29, 0.717) is 33.2 Å². The van der Waals surface area contributed by atoms with Crippen LogP contribution in [0.5, 0.6) is 0 Å². The van der Waals surface area contributed by atoms with Gasteiger partial charge in [0.1, 0.15) is 17.2 Å². The fourth-order valence-electron chi connectivity index (χ4n) is 3.69. The summed E-state index contributed by atoms with van der Waals surface area (Å²) in [5.41, 5.74) is 2.00. The van der Waals surface area contributed by atoms with Crippen LogP contribution in [0.3, 0.4) is 0 Å². The highest BCUT2D eigenvalue weighted by molar-refractivity contribution is 7.90. The van der Waals surface area contributed by atoms with E-state index < -0.39 is 21.3 Å². The summed E-state index contributed by atoms with van der Waals surface area (Å²) >= 11 is 6.32. The molecule has 34 heavy (non-hydrogen) atoms. The molecule has 0 saturated carbocycles. The predicted molar refractivity (Wildman–Crippen MR) is 132 cm³/mol. The van der Waals surface area contributed by atoms with Crippen LogP contribution < -0.4 is 0 Å². The summed E-state index contributed by atoms with van der Waals surface area (Å²) in [6.07, 6.45) is 2.74. The van der Waals surface area contributed by atoms with Gasteiger partial charge in [0, 0.05) is 23.0 Å². The Labute approximate surface area is 203 Å². The number of nitrogens with zero attached hydrogens (tertiary/aromatic N) is 2. The average Bonchev–Trinajstić information content (AvgIpc) is 3.20. The van der Waals surface area contributed by atoms with E-state index in [2.05, 4.69) is 4.98 Å². The van der Waals surface area contributed by atoms with Crippen molar-refractivity contribution in [1.82, 2.24) is 9.55 Å². The van der Waals surface area contributed by atoms with Crippen LogP contribution in [0.2, 0.25) is 5.02 Å². The molecule has 0 atom stereocenters. The Morgan fingerprint density at radius 1 is 1.03 bits per heavy atom. The number of sulfone groups is 1. The molecule has 0 aliphatic carbocycles. The molecule has 3 aromatic carbocycles. The number of hydrogen-bond donors (Lipinski definition) is 1. The van der Waals surface area contributed by atoms with Gasteiger partial charge in [-0.05, 0) is 67.8 Å². The average molecular weight is 499 g/mol. The van der Waals surface area contributed by atoms with Crippen LogP contribution in [0.4, 0.5) is 4.39 Å². The van der Waals surface area contributed by atoms with E-state index in [9.17, 15) is 13.5 Å². The number of aliphatic hydroxyl groups is 1. The first-order valence-electron chi connectivity index (χ1n) is 10.5. The summed E-state index contributed by atoms with van der Waals surface area (Å²) < 4.78 is 40.9. The van der Waals surface area contributed by atoms with Crippen molar-refractivity contribution in [1.29, 1.82) is 0 Å². The van der Waals surface area contributed by atoms with Crippen LogP contribution in [0.1, 0.15) is 25.1 Å². The van der Waals surface area contributed by atoms with Gasteiger partial charge in [-0.1, -0.05) is 41.9 Å². The molecule has 0 radical (unpaired) electrons. The Balaban J connectivity index is 1.87. The van der Waals surface area contributed by atoms with E-state index in [1.54, 1.807) is 61.0 Å². The molecule has 0 saturated heterocycles. The standard InChI is InChI=1S/C26H24ClFN2O3S/c1-16-20(9-6-10-21(16)27)25-29-24(26(2,3)31)15-30(25)23-12-11-18(14-22(23)28)17-7-5-8-19(13-17)34(4,32)33/h5-15,31H,1-4H3. The zero-order chi connectivity index (χ0) is 24.8. The van der Waals surface area contributed by atoms with Crippen LogP contribution >= 0.6 is 11.6 Å². The lowest BCUT2D eigenvalue weighted by atomic mass is 10.0. The molecule has 0 unspecified atom stereocenters. The van der Waals surface area contributed by atoms with Crippen LogP contribution in [-0.2, 0) is 15.4 Å². The quantitative estimate of drug-likeness (QED) is 0.369. The van der Waals surface area contributed by atoms with Crippen molar-refractivity contribution in [2.24, 2.45) is 0 Å².